The smallest absolute Gasteiger partial charge is 0.254 e. The van der Waals surface area contributed by atoms with Gasteiger partial charge < -0.3 is 10.6 Å². The molecule has 4 nitrogen and oxygen atoms in total. The van der Waals surface area contributed by atoms with Crippen LogP contribution < -0.4 is 10.6 Å². The lowest BCUT2D eigenvalue weighted by Crippen LogP contribution is -2.77. The number of rotatable bonds is 5. The van der Waals surface area contributed by atoms with Gasteiger partial charge in [0.15, 0.2) is 0 Å². The van der Waals surface area contributed by atoms with Crippen molar-refractivity contribution in [3.05, 3.63) is 64.7 Å². The standard InChI is InChI=1S/C21H19ClF2N2O2/c1-12(18(27)25-15-5-3-14(23)4-6-15)20-9-21(10-20,11-20)26-19(28)16-8-13(22)2-7-17(16)24/h2-8,12H,9-11H2,1H3,(H,25,27)(H,26,28). The minimum absolute atomic E-state index is 0.0756. The molecule has 0 heterocycles. The lowest BCUT2D eigenvalue weighted by Gasteiger charge is -2.72. The predicted octanol–water partition coefficient (Wildman–Crippen LogP) is 4.55. The molecule has 0 radical (unpaired) electrons. The zero-order chi connectivity index (χ0) is 20.1. The number of carbonyl (C=O) groups excluding carboxylic acids is 2. The van der Waals surface area contributed by atoms with E-state index in [2.05, 4.69) is 10.6 Å². The fraction of sp³-hybridized carbons (Fsp3) is 0.333. The highest BCUT2D eigenvalue weighted by atomic mass is 35.5. The van der Waals surface area contributed by atoms with Crippen LogP contribution in [-0.2, 0) is 4.79 Å². The second kappa shape index (κ2) is 6.55. The Hall–Kier alpha value is -2.47. The maximum absolute atomic E-state index is 13.9. The molecule has 3 aliphatic carbocycles. The molecule has 2 bridgehead atoms. The largest absolute Gasteiger partial charge is 0.346 e. The molecular weight excluding hydrogens is 386 g/mol. The normalized spacial score (nSPS) is 25.9. The maximum atomic E-state index is 13.9. The van der Waals surface area contributed by atoms with Gasteiger partial charge in [0.05, 0.1) is 5.56 Å². The Morgan fingerprint density at radius 3 is 2.36 bits per heavy atom. The average molecular weight is 405 g/mol. The van der Waals surface area contributed by atoms with Crippen molar-refractivity contribution in [1.29, 1.82) is 0 Å². The fourth-order valence-corrected chi connectivity index (χ4v) is 4.67. The maximum Gasteiger partial charge on any atom is 0.254 e. The van der Waals surface area contributed by atoms with Crippen LogP contribution in [0.3, 0.4) is 0 Å². The second-order valence-corrected chi connectivity index (χ2v) is 8.41. The van der Waals surface area contributed by atoms with E-state index in [9.17, 15) is 18.4 Å². The third-order valence-corrected chi connectivity index (χ3v) is 6.28. The van der Waals surface area contributed by atoms with Crippen LogP contribution in [0.5, 0.6) is 0 Å². The number of hydrogen-bond acceptors (Lipinski definition) is 2. The van der Waals surface area contributed by atoms with Gasteiger partial charge in [0.1, 0.15) is 11.6 Å². The average Bonchev–Trinajstić information content (AvgIpc) is 2.60. The third kappa shape index (κ3) is 3.15. The Morgan fingerprint density at radius 1 is 1.07 bits per heavy atom. The molecule has 2 aromatic carbocycles. The highest BCUT2D eigenvalue weighted by Gasteiger charge is 2.71. The molecule has 2 aromatic rings. The summed E-state index contributed by atoms with van der Waals surface area (Å²) < 4.78 is 26.9. The van der Waals surface area contributed by atoms with Gasteiger partial charge in [-0.15, -0.1) is 0 Å². The molecule has 0 spiro atoms. The molecule has 2 amide bonds. The van der Waals surface area contributed by atoms with Crippen molar-refractivity contribution in [3.8, 4) is 0 Å². The van der Waals surface area contributed by atoms with Gasteiger partial charge in [-0.05, 0) is 67.1 Å². The third-order valence-electron chi connectivity index (χ3n) is 6.05. The quantitative estimate of drug-likeness (QED) is 0.768. The molecule has 1 unspecified atom stereocenters. The monoisotopic (exact) mass is 404 g/mol. The van der Waals surface area contributed by atoms with Gasteiger partial charge in [-0.2, -0.15) is 0 Å². The van der Waals surface area contributed by atoms with Crippen LogP contribution in [-0.4, -0.2) is 17.4 Å². The first-order chi connectivity index (χ1) is 13.2. The van der Waals surface area contributed by atoms with Crippen LogP contribution in [0.2, 0.25) is 5.02 Å². The van der Waals surface area contributed by atoms with Gasteiger partial charge >= 0.3 is 0 Å². The molecule has 0 aromatic heterocycles. The second-order valence-electron chi connectivity index (χ2n) is 7.97. The first kappa shape index (κ1) is 18.9. The molecular formula is C21H19ClF2N2O2. The summed E-state index contributed by atoms with van der Waals surface area (Å²) in [6, 6.07) is 9.49. The topological polar surface area (TPSA) is 58.2 Å². The first-order valence-electron chi connectivity index (χ1n) is 9.06. The number of halogens is 3. The van der Waals surface area contributed by atoms with E-state index in [0.717, 1.165) is 0 Å². The number of hydrogen-bond donors (Lipinski definition) is 2. The van der Waals surface area contributed by atoms with Gasteiger partial charge in [0.2, 0.25) is 5.91 Å². The van der Waals surface area contributed by atoms with Gasteiger partial charge in [0.25, 0.3) is 5.91 Å². The minimum Gasteiger partial charge on any atom is -0.346 e. The van der Waals surface area contributed by atoms with Gasteiger partial charge in [0, 0.05) is 22.2 Å². The van der Waals surface area contributed by atoms with Gasteiger partial charge in [-0.25, -0.2) is 8.78 Å². The van der Waals surface area contributed by atoms with E-state index >= 15 is 0 Å². The Morgan fingerprint density at radius 2 is 1.71 bits per heavy atom. The molecule has 7 heteroatoms. The highest BCUT2D eigenvalue weighted by Crippen LogP contribution is 2.70. The molecule has 2 N–H and O–H groups in total. The summed E-state index contributed by atoms with van der Waals surface area (Å²) in [5.74, 6) is -1.85. The first-order valence-corrected chi connectivity index (χ1v) is 9.44. The SMILES string of the molecule is CC(C(=O)Nc1ccc(F)cc1)C12CC(NC(=O)c3cc(Cl)ccc3F)(C1)C2. The summed E-state index contributed by atoms with van der Waals surface area (Å²) in [6.07, 6.45) is 2.02. The molecule has 3 fully saturated rings. The summed E-state index contributed by atoms with van der Waals surface area (Å²) in [7, 11) is 0. The van der Waals surface area contributed by atoms with Crippen molar-refractivity contribution in [1.82, 2.24) is 5.32 Å². The molecule has 1 atom stereocenters. The van der Waals surface area contributed by atoms with E-state index < -0.39 is 11.7 Å². The summed E-state index contributed by atoms with van der Waals surface area (Å²) in [4.78, 5) is 24.9. The van der Waals surface area contributed by atoms with Crippen molar-refractivity contribution in [2.75, 3.05) is 5.32 Å². The Bertz CT molecular complexity index is 942. The molecule has 3 aliphatic rings. The Labute approximate surface area is 166 Å². The Kier molecular flexibility index (Phi) is 4.42. The molecule has 146 valence electrons. The lowest BCUT2D eigenvalue weighted by atomic mass is 9.36. The molecule has 5 rings (SSSR count). The van der Waals surface area contributed by atoms with E-state index in [1.54, 1.807) is 0 Å². The Balaban J connectivity index is 1.35. The van der Waals surface area contributed by atoms with E-state index in [0.29, 0.717) is 30.0 Å². The zero-order valence-corrected chi connectivity index (χ0v) is 15.9. The summed E-state index contributed by atoms with van der Waals surface area (Å²) in [5, 5.41) is 6.01. The van der Waals surface area contributed by atoms with Crippen LogP contribution in [0, 0.1) is 23.0 Å². The van der Waals surface area contributed by atoms with Crippen LogP contribution in [0.25, 0.3) is 0 Å². The number of carbonyl (C=O) groups is 2. The van der Waals surface area contributed by atoms with Crippen molar-refractivity contribution in [2.45, 2.75) is 31.7 Å². The zero-order valence-electron chi connectivity index (χ0n) is 15.2. The van der Waals surface area contributed by atoms with E-state index in [4.69, 9.17) is 11.6 Å². The van der Waals surface area contributed by atoms with Crippen LogP contribution in [0.1, 0.15) is 36.5 Å². The summed E-state index contributed by atoms with van der Waals surface area (Å²) in [6.45, 7) is 1.86. The molecule has 28 heavy (non-hydrogen) atoms. The van der Waals surface area contributed by atoms with E-state index in [-0.39, 0.29) is 34.2 Å². The lowest BCUT2D eigenvalue weighted by molar-refractivity contribution is -0.184. The molecule has 0 aliphatic heterocycles. The number of benzene rings is 2. The van der Waals surface area contributed by atoms with Crippen LogP contribution in [0.4, 0.5) is 14.5 Å². The molecule has 0 saturated heterocycles. The summed E-state index contributed by atoms with van der Waals surface area (Å²) in [5.41, 5.74) is -0.0711. The van der Waals surface area contributed by atoms with Crippen molar-refractivity contribution in [2.24, 2.45) is 11.3 Å². The summed E-state index contributed by atoms with van der Waals surface area (Å²) >= 11 is 5.85. The number of amides is 2. The molecule has 3 saturated carbocycles. The number of anilines is 1. The predicted molar refractivity (Wildman–Crippen MR) is 102 cm³/mol. The van der Waals surface area contributed by atoms with Gasteiger partial charge in [-0.3, -0.25) is 9.59 Å². The van der Waals surface area contributed by atoms with Crippen molar-refractivity contribution >= 4 is 29.1 Å². The van der Waals surface area contributed by atoms with Crippen LogP contribution in [0.15, 0.2) is 42.5 Å². The highest BCUT2D eigenvalue weighted by molar-refractivity contribution is 6.31. The van der Waals surface area contributed by atoms with Crippen molar-refractivity contribution < 1.29 is 18.4 Å². The van der Waals surface area contributed by atoms with Gasteiger partial charge in [-0.1, -0.05) is 18.5 Å². The fourth-order valence-electron chi connectivity index (χ4n) is 4.50. The minimum atomic E-state index is -0.616. The van der Waals surface area contributed by atoms with E-state index in [1.807, 2.05) is 6.92 Å². The van der Waals surface area contributed by atoms with Crippen LogP contribution >= 0.6 is 11.6 Å². The van der Waals surface area contributed by atoms with E-state index in [1.165, 1.54) is 42.5 Å². The number of nitrogens with one attached hydrogen (secondary N) is 2. The van der Waals surface area contributed by atoms with Crippen molar-refractivity contribution in [3.63, 3.8) is 0 Å².